The fraction of sp³-hybridized carbons (Fsp3) is 0.538. The minimum atomic E-state index is -0.609. The van der Waals surface area contributed by atoms with E-state index in [2.05, 4.69) is 25.1 Å². The van der Waals surface area contributed by atoms with Crippen LogP contribution in [0.5, 0.6) is 0 Å². The number of fused-ring (bicyclic) bond motifs is 1. The third-order valence-corrected chi connectivity index (χ3v) is 4.09. The van der Waals surface area contributed by atoms with Gasteiger partial charge >= 0.3 is 0 Å². The summed E-state index contributed by atoms with van der Waals surface area (Å²) in [6.45, 7) is 6.02. The summed E-state index contributed by atoms with van der Waals surface area (Å²) in [5.41, 5.74) is 2.17. The number of benzene rings is 1. The Morgan fingerprint density at radius 1 is 1.47 bits per heavy atom. The van der Waals surface area contributed by atoms with Crippen LogP contribution in [0.15, 0.2) is 23.1 Å². The highest BCUT2D eigenvalue weighted by molar-refractivity contribution is 7.99. The van der Waals surface area contributed by atoms with Crippen molar-refractivity contribution in [3.8, 4) is 0 Å². The van der Waals surface area contributed by atoms with Gasteiger partial charge in [0.1, 0.15) is 0 Å². The van der Waals surface area contributed by atoms with Crippen LogP contribution in [0.3, 0.4) is 0 Å². The van der Waals surface area contributed by atoms with Gasteiger partial charge in [-0.05, 0) is 37.0 Å². The van der Waals surface area contributed by atoms with Gasteiger partial charge in [-0.1, -0.05) is 19.1 Å². The summed E-state index contributed by atoms with van der Waals surface area (Å²) < 4.78 is 0. The van der Waals surface area contributed by atoms with Crippen molar-refractivity contribution in [2.24, 2.45) is 0 Å². The molecule has 1 aliphatic rings. The van der Waals surface area contributed by atoms with Crippen LogP contribution in [0, 0.1) is 0 Å². The zero-order valence-electron chi connectivity index (χ0n) is 9.58. The van der Waals surface area contributed by atoms with E-state index >= 15 is 0 Å². The lowest BCUT2D eigenvalue weighted by molar-refractivity contribution is 0.0807. The highest BCUT2D eigenvalue weighted by atomic mass is 32.2. The van der Waals surface area contributed by atoms with Gasteiger partial charge in [0.15, 0.2) is 0 Å². The molecule has 1 atom stereocenters. The molecular formula is C13H18OS. The first-order chi connectivity index (χ1) is 6.97. The summed E-state index contributed by atoms with van der Waals surface area (Å²) in [6.07, 6.45) is 0.751. The van der Waals surface area contributed by atoms with Crippen molar-refractivity contribution in [3.05, 3.63) is 29.3 Å². The Morgan fingerprint density at radius 2 is 2.20 bits per heavy atom. The molecule has 1 heterocycles. The molecule has 0 spiro atoms. The van der Waals surface area contributed by atoms with Crippen LogP contribution in [0.2, 0.25) is 0 Å². The molecule has 0 aliphatic carbocycles. The number of rotatable bonds is 2. The van der Waals surface area contributed by atoms with Crippen LogP contribution in [0.4, 0.5) is 0 Å². The summed E-state index contributed by atoms with van der Waals surface area (Å²) in [7, 11) is 0. The van der Waals surface area contributed by atoms with Gasteiger partial charge in [-0.2, -0.15) is 0 Å². The lowest BCUT2D eigenvalue weighted by Gasteiger charge is -2.20. The van der Waals surface area contributed by atoms with E-state index in [1.807, 2.05) is 25.6 Å². The highest BCUT2D eigenvalue weighted by Crippen LogP contribution is 2.41. The third kappa shape index (κ3) is 2.37. The molecule has 15 heavy (non-hydrogen) atoms. The van der Waals surface area contributed by atoms with Crippen LogP contribution in [-0.4, -0.2) is 16.5 Å². The Hall–Kier alpha value is -0.470. The van der Waals surface area contributed by atoms with Gasteiger partial charge in [-0.15, -0.1) is 11.8 Å². The topological polar surface area (TPSA) is 20.2 Å². The molecule has 1 unspecified atom stereocenters. The predicted octanol–water partition coefficient (Wildman–Crippen LogP) is 3.21. The van der Waals surface area contributed by atoms with Crippen LogP contribution < -0.4 is 0 Å². The molecule has 0 aromatic heterocycles. The van der Waals surface area contributed by atoms with E-state index in [1.54, 1.807) is 0 Å². The molecule has 0 radical (unpaired) electrons. The third-order valence-electron chi connectivity index (χ3n) is 2.76. The Kier molecular flexibility index (Phi) is 2.82. The maximum Gasteiger partial charge on any atom is 0.0632 e. The van der Waals surface area contributed by atoms with Crippen molar-refractivity contribution in [1.29, 1.82) is 0 Å². The Morgan fingerprint density at radius 3 is 2.87 bits per heavy atom. The molecule has 0 fully saturated rings. The van der Waals surface area contributed by atoms with Gasteiger partial charge in [0.2, 0.25) is 0 Å². The first-order valence-corrected chi connectivity index (χ1v) is 6.43. The lowest BCUT2D eigenvalue weighted by Crippen LogP contribution is -2.22. The zero-order chi connectivity index (χ0) is 11.1. The van der Waals surface area contributed by atoms with E-state index < -0.39 is 5.60 Å². The van der Waals surface area contributed by atoms with Gasteiger partial charge in [-0.25, -0.2) is 0 Å². The molecule has 2 heteroatoms. The summed E-state index contributed by atoms with van der Waals surface area (Å²) >= 11 is 1.93. The summed E-state index contributed by atoms with van der Waals surface area (Å²) in [5.74, 6) is 1.81. The highest BCUT2D eigenvalue weighted by Gasteiger charge is 2.24. The quantitative estimate of drug-likeness (QED) is 0.829. The van der Waals surface area contributed by atoms with Gasteiger partial charge in [0, 0.05) is 17.1 Å². The molecule has 1 nitrogen and oxygen atoms in total. The van der Waals surface area contributed by atoms with E-state index in [-0.39, 0.29) is 0 Å². The summed E-state index contributed by atoms with van der Waals surface area (Å²) in [6, 6.07) is 6.45. The van der Waals surface area contributed by atoms with E-state index in [4.69, 9.17) is 0 Å². The van der Waals surface area contributed by atoms with E-state index in [9.17, 15) is 5.11 Å². The van der Waals surface area contributed by atoms with Crippen LogP contribution in [0.25, 0.3) is 0 Å². The van der Waals surface area contributed by atoms with E-state index in [1.165, 1.54) is 21.8 Å². The Balaban J connectivity index is 2.37. The fourth-order valence-electron chi connectivity index (χ4n) is 2.19. The summed E-state index contributed by atoms with van der Waals surface area (Å²) in [5, 5.41) is 9.88. The number of thioether (sulfide) groups is 1. The van der Waals surface area contributed by atoms with Crippen molar-refractivity contribution < 1.29 is 5.11 Å². The maximum absolute atomic E-state index is 9.88. The average molecular weight is 222 g/mol. The number of hydrogen-bond donors (Lipinski definition) is 1. The standard InChI is InChI=1S/C13H18OS/c1-9-8-15-11-6-4-5-10(12(9)11)7-13(2,3)14/h4-6,9,14H,7-8H2,1-3H3. The van der Waals surface area contributed by atoms with Gasteiger partial charge in [0.05, 0.1) is 5.60 Å². The average Bonchev–Trinajstić information content (AvgIpc) is 2.46. The Bertz CT molecular complexity index is 365. The minimum Gasteiger partial charge on any atom is -0.390 e. The molecular weight excluding hydrogens is 204 g/mol. The zero-order valence-corrected chi connectivity index (χ0v) is 10.4. The predicted molar refractivity (Wildman–Crippen MR) is 65.6 cm³/mol. The molecule has 0 saturated heterocycles. The first-order valence-electron chi connectivity index (χ1n) is 5.44. The van der Waals surface area contributed by atoms with Crippen molar-refractivity contribution in [1.82, 2.24) is 0 Å². The molecule has 1 aromatic rings. The van der Waals surface area contributed by atoms with Crippen molar-refractivity contribution in [3.63, 3.8) is 0 Å². The fourth-order valence-corrected chi connectivity index (χ4v) is 3.45. The maximum atomic E-state index is 9.88. The lowest BCUT2D eigenvalue weighted by atomic mass is 9.90. The van der Waals surface area contributed by atoms with Crippen LogP contribution >= 0.6 is 11.8 Å². The monoisotopic (exact) mass is 222 g/mol. The second-order valence-electron chi connectivity index (χ2n) is 5.03. The van der Waals surface area contributed by atoms with Crippen molar-refractivity contribution >= 4 is 11.8 Å². The second kappa shape index (κ2) is 3.84. The normalized spacial score (nSPS) is 20.4. The summed E-state index contributed by atoms with van der Waals surface area (Å²) in [4.78, 5) is 1.41. The van der Waals surface area contributed by atoms with E-state index in [0.29, 0.717) is 5.92 Å². The van der Waals surface area contributed by atoms with Crippen LogP contribution in [-0.2, 0) is 6.42 Å². The molecule has 82 valence electrons. The van der Waals surface area contributed by atoms with Crippen molar-refractivity contribution in [2.45, 2.75) is 43.6 Å². The van der Waals surface area contributed by atoms with Crippen LogP contribution in [0.1, 0.15) is 37.8 Å². The first kappa shape index (κ1) is 11.0. The molecule has 0 saturated carbocycles. The largest absolute Gasteiger partial charge is 0.390 e. The Labute approximate surface area is 95.9 Å². The van der Waals surface area contributed by atoms with Gasteiger partial charge in [-0.3, -0.25) is 0 Å². The molecule has 0 bridgehead atoms. The smallest absolute Gasteiger partial charge is 0.0632 e. The SMILES string of the molecule is CC1CSc2cccc(CC(C)(C)O)c21. The van der Waals surface area contributed by atoms with Gasteiger partial charge in [0.25, 0.3) is 0 Å². The van der Waals surface area contributed by atoms with Gasteiger partial charge < -0.3 is 5.11 Å². The molecule has 1 aliphatic heterocycles. The second-order valence-corrected chi connectivity index (χ2v) is 6.09. The molecule has 0 amide bonds. The molecule has 2 rings (SSSR count). The van der Waals surface area contributed by atoms with E-state index in [0.717, 1.165) is 6.42 Å². The number of aliphatic hydroxyl groups is 1. The minimum absolute atomic E-state index is 0.609. The van der Waals surface area contributed by atoms with Crippen molar-refractivity contribution in [2.75, 3.05) is 5.75 Å². The molecule has 1 aromatic carbocycles. The molecule has 1 N–H and O–H groups in total. The number of hydrogen-bond acceptors (Lipinski definition) is 2.